The lowest BCUT2D eigenvalue weighted by Gasteiger charge is -2.24. The largest absolute Gasteiger partial charge is 0.383 e. The summed E-state index contributed by atoms with van der Waals surface area (Å²) < 4.78 is 10.2. The number of nitrogens with two attached hydrogens (primary N) is 1. The zero-order valence-electron chi connectivity index (χ0n) is 12.9. The van der Waals surface area contributed by atoms with Gasteiger partial charge in [-0.2, -0.15) is 0 Å². The van der Waals surface area contributed by atoms with Crippen LogP contribution in [0.3, 0.4) is 0 Å². The van der Waals surface area contributed by atoms with E-state index in [9.17, 15) is 4.79 Å². The second-order valence-electron chi connectivity index (χ2n) is 4.93. The van der Waals surface area contributed by atoms with E-state index in [-0.39, 0.29) is 36.8 Å². The van der Waals surface area contributed by atoms with Crippen LogP contribution in [0.15, 0.2) is 0 Å². The van der Waals surface area contributed by atoms with Crippen LogP contribution in [0.5, 0.6) is 0 Å². The first kappa shape index (κ1) is 23.2. The maximum atomic E-state index is 11.8. The molecular weight excluding hydrogens is 317 g/mol. The molecule has 8 heteroatoms. The molecule has 2 atom stereocenters. The van der Waals surface area contributed by atoms with Gasteiger partial charge in [-0.3, -0.25) is 9.69 Å². The Hall–Kier alpha value is -0.110. The Morgan fingerprint density at radius 1 is 1.43 bits per heavy atom. The SMILES string of the molecule is COCCN1CCCC1CNC(=O)CC(CN)OC.Cl.Cl. The number of amides is 1. The number of nitrogens with one attached hydrogen (secondary N) is 1. The van der Waals surface area contributed by atoms with E-state index in [1.54, 1.807) is 14.2 Å². The number of halogens is 2. The molecule has 3 N–H and O–H groups in total. The number of carbonyl (C=O) groups is 1. The molecule has 1 aliphatic rings. The van der Waals surface area contributed by atoms with Crippen LogP contribution in [0.2, 0.25) is 0 Å². The third-order valence-corrected chi connectivity index (χ3v) is 3.63. The van der Waals surface area contributed by atoms with Crippen molar-refractivity contribution in [1.82, 2.24) is 10.2 Å². The van der Waals surface area contributed by atoms with Crippen LogP contribution in [-0.4, -0.2) is 70.0 Å². The predicted octanol–water partition coefficient (Wildman–Crippen LogP) is 0.421. The van der Waals surface area contributed by atoms with Crippen molar-refractivity contribution in [3.05, 3.63) is 0 Å². The summed E-state index contributed by atoms with van der Waals surface area (Å²) in [6, 6.07) is 0.429. The van der Waals surface area contributed by atoms with Crippen molar-refractivity contribution in [2.75, 3.05) is 47.0 Å². The van der Waals surface area contributed by atoms with Crippen LogP contribution >= 0.6 is 24.8 Å². The molecule has 21 heavy (non-hydrogen) atoms. The van der Waals surface area contributed by atoms with Crippen LogP contribution in [0.4, 0.5) is 0 Å². The van der Waals surface area contributed by atoms with E-state index < -0.39 is 0 Å². The summed E-state index contributed by atoms with van der Waals surface area (Å²) in [5.74, 6) is 0.0101. The number of carbonyl (C=O) groups excluding carboxylic acids is 1. The van der Waals surface area contributed by atoms with E-state index in [0.717, 1.165) is 26.1 Å². The molecule has 0 aromatic carbocycles. The zero-order valence-corrected chi connectivity index (χ0v) is 14.5. The maximum absolute atomic E-state index is 11.8. The zero-order chi connectivity index (χ0) is 14.1. The van der Waals surface area contributed by atoms with Crippen molar-refractivity contribution in [1.29, 1.82) is 0 Å². The highest BCUT2D eigenvalue weighted by Gasteiger charge is 2.24. The van der Waals surface area contributed by atoms with Gasteiger partial charge < -0.3 is 20.5 Å². The van der Waals surface area contributed by atoms with Gasteiger partial charge in [0.05, 0.1) is 19.1 Å². The number of likely N-dealkylation sites (tertiary alicyclic amines) is 1. The lowest BCUT2D eigenvalue weighted by molar-refractivity contribution is -0.123. The molecule has 0 radical (unpaired) electrons. The average Bonchev–Trinajstić information content (AvgIpc) is 2.87. The van der Waals surface area contributed by atoms with Gasteiger partial charge in [0.2, 0.25) is 5.91 Å². The van der Waals surface area contributed by atoms with Crippen molar-refractivity contribution in [3.63, 3.8) is 0 Å². The molecule has 0 saturated carbocycles. The van der Waals surface area contributed by atoms with Crippen LogP contribution in [-0.2, 0) is 14.3 Å². The van der Waals surface area contributed by atoms with Crippen LogP contribution in [0.25, 0.3) is 0 Å². The fraction of sp³-hybridized carbons (Fsp3) is 0.923. The van der Waals surface area contributed by atoms with Crippen molar-refractivity contribution in [2.45, 2.75) is 31.4 Å². The van der Waals surface area contributed by atoms with Gasteiger partial charge in [-0.1, -0.05) is 0 Å². The third-order valence-electron chi connectivity index (χ3n) is 3.63. The van der Waals surface area contributed by atoms with Gasteiger partial charge in [0.1, 0.15) is 0 Å². The molecular formula is C13H29Cl2N3O3. The summed E-state index contributed by atoms with van der Waals surface area (Å²) in [5.41, 5.74) is 5.50. The van der Waals surface area contributed by atoms with Crippen LogP contribution in [0.1, 0.15) is 19.3 Å². The Kier molecular flexibility index (Phi) is 14.9. The lowest BCUT2D eigenvalue weighted by Crippen LogP contribution is -2.42. The van der Waals surface area contributed by atoms with Gasteiger partial charge in [0.15, 0.2) is 0 Å². The Morgan fingerprint density at radius 3 is 2.71 bits per heavy atom. The van der Waals surface area contributed by atoms with Gasteiger partial charge in [-0.25, -0.2) is 0 Å². The summed E-state index contributed by atoms with van der Waals surface area (Å²) in [6.07, 6.45) is 2.47. The summed E-state index contributed by atoms with van der Waals surface area (Å²) in [7, 11) is 3.29. The Labute approximate surface area is 139 Å². The van der Waals surface area contributed by atoms with Gasteiger partial charge >= 0.3 is 0 Å². The number of ether oxygens (including phenoxy) is 2. The van der Waals surface area contributed by atoms with Crippen LogP contribution in [0, 0.1) is 0 Å². The summed E-state index contributed by atoms with van der Waals surface area (Å²) in [6.45, 7) is 3.83. The fourth-order valence-electron chi connectivity index (χ4n) is 2.40. The van der Waals surface area contributed by atoms with Crippen molar-refractivity contribution in [2.24, 2.45) is 5.73 Å². The number of nitrogens with zero attached hydrogens (tertiary/aromatic N) is 1. The molecule has 0 aromatic heterocycles. The second-order valence-corrected chi connectivity index (χ2v) is 4.93. The number of hydrogen-bond acceptors (Lipinski definition) is 5. The van der Waals surface area contributed by atoms with Gasteiger partial charge in [0, 0.05) is 39.9 Å². The summed E-state index contributed by atoms with van der Waals surface area (Å²) >= 11 is 0. The van der Waals surface area contributed by atoms with E-state index in [1.807, 2.05) is 0 Å². The molecule has 0 spiro atoms. The van der Waals surface area contributed by atoms with Crippen LogP contribution < -0.4 is 11.1 Å². The molecule has 0 aromatic rings. The summed E-state index contributed by atoms with van der Waals surface area (Å²) in [4.78, 5) is 14.1. The number of methoxy groups -OCH3 is 2. The standard InChI is InChI=1S/C13H27N3O3.2ClH/c1-18-7-6-16-5-3-4-11(16)10-15-13(17)8-12(9-14)19-2;;/h11-12H,3-10,14H2,1-2H3,(H,15,17);2*1H. The molecule has 0 aliphatic carbocycles. The number of rotatable bonds is 9. The predicted molar refractivity (Wildman–Crippen MR) is 88.4 cm³/mol. The smallest absolute Gasteiger partial charge is 0.222 e. The quantitative estimate of drug-likeness (QED) is 0.633. The fourth-order valence-corrected chi connectivity index (χ4v) is 2.40. The van der Waals surface area contributed by atoms with Gasteiger partial charge in [0.25, 0.3) is 0 Å². The molecule has 1 amide bonds. The molecule has 1 saturated heterocycles. The van der Waals surface area contributed by atoms with Gasteiger partial charge in [-0.15, -0.1) is 24.8 Å². The molecule has 1 aliphatic heterocycles. The highest BCUT2D eigenvalue weighted by atomic mass is 35.5. The highest BCUT2D eigenvalue weighted by molar-refractivity contribution is 5.85. The molecule has 1 fully saturated rings. The molecule has 1 heterocycles. The Bertz CT molecular complexity index is 269. The normalized spacial score (nSPS) is 19.5. The maximum Gasteiger partial charge on any atom is 0.222 e. The average molecular weight is 346 g/mol. The first-order valence-electron chi connectivity index (χ1n) is 6.93. The first-order valence-corrected chi connectivity index (χ1v) is 6.93. The van der Waals surface area contributed by atoms with Gasteiger partial charge in [-0.05, 0) is 19.4 Å². The molecule has 0 bridgehead atoms. The highest BCUT2D eigenvalue weighted by Crippen LogP contribution is 2.15. The minimum absolute atomic E-state index is 0. The minimum atomic E-state index is -0.187. The topological polar surface area (TPSA) is 76.8 Å². The lowest BCUT2D eigenvalue weighted by atomic mass is 10.2. The Morgan fingerprint density at radius 2 is 2.14 bits per heavy atom. The minimum Gasteiger partial charge on any atom is -0.383 e. The van der Waals surface area contributed by atoms with E-state index >= 15 is 0 Å². The Balaban J connectivity index is 0. The van der Waals surface area contributed by atoms with Crippen molar-refractivity contribution >= 4 is 30.7 Å². The molecule has 1 rings (SSSR count). The van der Waals surface area contributed by atoms with E-state index in [4.69, 9.17) is 15.2 Å². The molecule has 6 nitrogen and oxygen atoms in total. The monoisotopic (exact) mass is 345 g/mol. The second kappa shape index (κ2) is 13.5. The van der Waals surface area contributed by atoms with Crippen molar-refractivity contribution < 1.29 is 14.3 Å². The van der Waals surface area contributed by atoms with E-state index in [0.29, 0.717) is 25.6 Å². The van der Waals surface area contributed by atoms with Crippen molar-refractivity contribution in [3.8, 4) is 0 Å². The molecule has 2 unspecified atom stereocenters. The third kappa shape index (κ3) is 8.80. The van der Waals surface area contributed by atoms with E-state index in [1.165, 1.54) is 6.42 Å². The summed E-state index contributed by atoms with van der Waals surface area (Å²) in [5, 5.41) is 2.97. The first-order chi connectivity index (χ1) is 9.21. The molecule has 128 valence electrons. The van der Waals surface area contributed by atoms with E-state index in [2.05, 4.69) is 10.2 Å². The number of hydrogen-bond donors (Lipinski definition) is 2.